The van der Waals surface area contributed by atoms with Gasteiger partial charge in [0.25, 0.3) is 0 Å². The molecule has 6 heteroatoms. The van der Waals surface area contributed by atoms with E-state index in [2.05, 4.69) is 10.3 Å². The molecule has 0 fully saturated rings. The van der Waals surface area contributed by atoms with Crippen molar-refractivity contribution >= 4 is 29.0 Å². The Morgan fingerprint density at radius 2 is 1.86 bits per heavy atom. The van der Waals surface area contributed by atoms with Crippen molar-refractivity contribution in [3.8, 4) is 11.3 Å². The first-order valence-electron chi connectivity index (χ1n) is 6.50. The van der Waals surface area contributed by atoms with Crippen LogP contribution in [0.15, 0.2) is 18.2 Å². The van der Waals surface area contributed by atoms with Crippen LogP contribution in [-0.2, 0) is 0 Å². The Morgan fingerprint density at radius 3 is 2.52 bits per heavy atom. The Kier molecular flexibility index (Phi) is 5.01. The Bertz CT molecular complexity index is 675. The molecule has 21 heavy (non-hydrogen) atoms. The van der Waals surface area contributed by atoms with Crippen LogP contribution in [0.5, 0.6) is 0 Å². The molecule has 0 aliphatic heterocycles. The van der Waals surface area contributed by atoms with Gasteiger partial charge < -0.3 is 5.32 Å². The number of halogens is 4. The minimum Gasteiger partial charge on any atom is -0.369 e. The molecule has 0 radical (unpaired) electrons. The predicted octanol–water partition coefficient (Wildman–Crippen LogP) is 5.46. The van der Waals surface area contributed by atoms with Gasteiger partial charge in [0.15, 0.2) is 11.6 Å². The van der Waals surface area contributed by atoms with E-state index in [0.29, 0.717) is 17.4 Å². The Morgan fingerprint density at radius 1 is 1.14 bits per heavy atom. The third-order valence-corrected chi connectivity index (χ3v) is 3.58. The first kappa shape index (κ1) is 16.0. The standard InChI is InChI=1S/C15H14Cl2F2N2/c1-3-6-20-15-11(17)7-10(16)14(21-15)9-5-4-8(2)12(18)13(9)19/h4-5,7H,3,6H2,1-2H3,(H,20,21). The van der Waals surface area contributed by atoms with E-state index in [4.69, 9.17) is 23.2 Å². The second-order valence-electron chi connectivity index (χ2n) is 4.63. The zero-order chi connectivity index (χ0) is 15.6. The first-order valence-corrected chi connectivity index (χ1v) is 7.26. The summed E-state index contributed by atoms with van der Waals surface area (Å²) in [5, 5.41) is 3.54. The van der Waals surface area contributed by atoms with E-state index in [1.165, 1.54) is 25.1 Å². The van der Waals surface area contributed by atoms with Crippen molar-refractivity contribution in [3.63, 3.8) is 0 Å². The third-order valence-electron chi connectivity index (χ3n) is 3.00. The summed E-state index contributed by atoms with van der Waals surface area (Å²) in [4.78, 5) is 4.23. The SMILES string of the molecule is CCCNc1nc(-c2ccc(C)c(F)c2F)c(Cl)cc1Cl. The number of benzene rings is 1. The van der Waals surface area contributed by atoms with E-state index in [0.717, 1.165) is 6.42 Å². The molecule has 0 amide bonds. The van der Waals surface area contributed by atoms with E-state index < -0.39 is 11.6 Å². The summed E-state index contributed by atoms with van der Waals surface area (Å²) in [7, 11) is 0. The Balaban J connectivity index is 2.56. The van der Waals surface area contributed by atoms with Crippen LogP contribution < -0.4 is 5.32 Å². The fourth-order valence-electron chi connectivity index (χ4n) is 1.85. The molecule has 2 aromatic rings. The average Bonchev–Trinajstić information content (AvgIpc) is 2.45. The summed E-state index contributed by atoms with van der Waals surface area (Å²) < 4.78 is 27.8. The highest BCUT2D eigenvalue weighted by atomic mass is 35.5. The molecule has 0 unspecified atom stereocenters. The van der Waals surface area contributed by atoms with Gasteiger partial charge in [0.2, 0.25) is 0 Å². The fraction of sp³-hybridized carbons (Fsp3) is 0.267. The van der Waals surface area contributed by atoms with Crippen LogP contribution in [0, 0.1) is 18.6 Å². The molecule has 1 aromatic carbocycles. The molecule has 1 N–H and O–H groups in total. The van der Waals surface area contributed by atoms with E-state index in [9.17, 15) is 8.78 Å². The van der Waals surface area contributed by atoms with Gasteiger partial charge in [-0.15, -0.1) is 0 Å². The van der Waals surface area contributed by atoms with Crippen molar-refractivity contribution in [2.45, 2.75) is 20.3 Å². The molecule has 0 spiro atoms. The maximum Gasteiger partial charge on any atom is 0.168 e. The fourth-order valence-corrected chi connectivity index (χ4v) is 2.38. The van der Waals surface area contributed by atoms with Crippen molar-refractivity contribution in [2.24, 2.45) is 0 Å². The van der Waals surface area contributed by atoms with Gasteiger partial charge in [-0.05, 0) is 31.0 Å². The second-order valence-corrected chi connectivity index (χ2v) is 5.45. The summed E-state index contributed by atoms with van der Waals surface area (Å²) in [5.74, 6) is -1.46. The zero-order valence-electron chi connectivity index (χ0n) is 11.6. The molecule has 0 aliphatic carbocycles. The molecule has 0 bridgehead atoms. The van der Waals surface area contributed by atoms with Crippen LogP contribution >= 0.6 is 23.2 Å². The lowest BCUT2D eigenvalue weighted by molar-refractivity contribution is 0.505. The minimum absolute atomic E-state index is 0.0133. The van der Waals surface area contributed by atoms with E-state index in [-0.39, 0.29) is 21.8 Å². The van der Waals surface area contributed by atoms with Crippen molar-refractivity contribution in [2.75, 3.05) is 11.9 Å². The van der Waals surface area contributed by atoms with Crippen LogP contribution in [-0.4, -0.2) is 11.5 Å². The topological polar surface area (TPSA) is 24.9 Å². The monoisotopic (exact) mass is 330 g/mol. The van der Waals surface area contributed by atoms with Crippen LogP contribution in [0.4, 0.5) is 14.6 Å². The molecule has 112 valence electrons. The highest BCUT2D eigenvalue weighted by molar-refractivity contribution is 6.37. The average molecular weight is 331 g/mol. The van der Waals surface area contributed by atoms with Gasteiger partial charge in [-0.2, -0.15) is 0 Å². The molecular formula is C15H14Cl2F2N2. The van der Waals surface area contributed by atoms with Gasteiger partial charge in [-0.1, -0.05) is 36.2 Å². The van der Waals surface area contributed by atoms with Crippen LogP contribution in [0.25, 0.3) is 11.3 Å². The second kappa shape index (κ2) is 6.58. The number of nitrogens with zero attached hydrogens (tertiary/aromatic N) is 1. The largest absolute Gasteiger partial charge is 0.369 e. The lowest BCUT2D eigenvalue weighted by atomic mass is 10.1. The molecule has 2 nitrogen and oxygen atoms in total. The quantitative estimate of drug-likeness (QED) is 0.804. The van der Waals surface area contributed by atoms with Crippen LogP contribution in [0.1, 0.15) is 18.9 Å². The van der Waals surface area contributed by atoms with E-state index in [1.54, 1.807) is 0 Å². The molecule has 0 saturated carbocycles. The summed E-state index contributed by atoms with van der Waals surface area (Å²) >= 11 is 12.1. The highest BCUT2D eigenvalue weighted by Crippen LogP contribution is 2.34. The Labute approximate surface area is 132 Å². The van der Waals surface area contributed by atoms with Crippen molar-refractivity contribution in [1.29, 1.82) is 0 Å². The number of anilines is 1. The molecule has 0 saturated heterocycles. The van der Waals surface area contributed by atoms with Gasteiger partial charge >= 0.3 is 0 Å². The zero-order valence-corrected chi connectivity index (χ0v) is 13.1. The van der Waals surface area contributed by atoms with Gasteiger partial charge in [0, 0.05) is 12.1 Å². The number of hydrogen-bond donors (Lipinski definition) is 1. The first-order chi connectivity index (χ1) is 9.95. The Hall–Kier alpha value is -1.39. The third kappa shape index (κ3) is 3.27. The smallest absolute Gasteiger partial charge is 0.168 e. The van der Waals surface area contributed by atoms with Gasteiger partial charge in [0.05, 0.1) is 15.7 Å². The number of pyridine rings is 1. The highest BCUT2D eigenvalue weighted by Gasteiger charge is 2.18. The van der Waals surface area contributed by atoms with E-state index in [1.807, 2.05) is 6.92 Å². The lowest BCUT2D eigenvalue weighted by Crippen LogP contribution is -2.04. The number of aromatic nitrogens is 1. The molecule has 1 aromatic heterocycles. The molecule has 0 atom stereocenters. The molecule has 1 heterocycles. The van der Waals surface area contributed by atoms with E-state index >= 15 is 0 Å². The summed E-state index contributed by atoms with van der Waals surface area (Å²) in [6.45, 7) is 4.15. The number of aryl methyl sites for hydroxylation is 1. The number of rotatable bonds is 4. The predicted molar refractivity (Wildman–Crippen MR) is 83.1 cm³/mol. The maximum absolute atomic E-state index is 14.1. The number of hydrogen-bond acceptors (Lipinski definition) is 2. The number of nitrogens with one attached hydrogen (secondary N) is 1. The maximum atomic E-state index is 14.1. The summed E-state index contributed by atoms with van der Waals surface area (Å²) in [6, 6.07) is 4.42. The lowest BCUT2D eigenvalue weighted by Gasteiger charge is -2.12. The van der Waals surface area contributed by atoms with Gasteiger partial charge in [-0.25, -0.2) is 13.8 Å². The summed E-state index contributed by atoms with van der Waals surface area (Å²) in [6.07, 6.45) is 0.878. The molecular weight excluding hydrogens is 317 g/mol. The van der Waals surface area contributed by atoms with Crippen molar-refractivity contribution < 1.29 is 8.78 Å². The minimum atomic E-state index is -0.965. The van der Waals surface area contributed by atoms with Crippen molar-refractivity contribution in [3.05, 3.63) is 45.4 Å². The summed E-state index contributed by atoms with van der Waals surface area (Å²) in [5.41, 5.74) is 0.404. The van der Waals surface area contributed by atoms with Crippen LogP contribution in [0.2, 0.25) is 10.0 Å². The molecule has 0 aliphatic rings. The normalized spacial score (nSPS) is 10.8. The van der Waals surface area contributed by atoms with Crippen molar-refractivity contribution in [1.82, 2.24) is 4.98 Å². The van der Waals surface area contributed by atoms with Gasteiger partial charge in [0.1, 0.15) is 5.82 Å². The van der Waals surface area contributed by atoms with Crippen LogP contribution in [0.3, 0.4) is 0 Å². The van der Waals surface area contributed by atoms with Gasteiger partial charge in [-0.3, -0.25) is 0 Å². The molecule has 2 rings (SSSR count).